The SMILES string of the molecule is CCc1cnc(N2CC3(CCN(C(C)C)C3)C2)nc1. The third-order valence-electron chi connectivity index (χ3n) is 4.63. The van der Waals surface area contributed by atoms with Crippen molar-refractivity contribution in [3.8, 4) is 0 Å². The molecule has 2 aliphatic rings. The molecule has 1 aromatic rings. The van der Waals surface area contributed by atoms with E-state index in [1.165, 1.54) is 25.1 Å². The van der Waals surface area contributed by atoms with Gasteiger partial charge in [-0.15, -0.1) is 0 Å². The number of hydrogen-bond acceptors (Lipinski definition) is 4. The Hall–Kier alpha value is -1.16. The number of aryl methyl sites for hydroxylation is 1. The second-order valence-corrected chi connectivity index (χ2v) is 6.42. The summed E-state index contributed by atoms with van der Waals surface area (Å²) < 4.78 is 0. The molecule has 0 radical (unpaired) electrons. The lowest BCUT2D eigenvalue weighted by Crippen LogP contribution is -2.58. The quantitative estimate of drug-likeness (QED) is 0.831. The highest BCUT2D eigenvalue weighted by Gasteiger charge is 2.48. The summed E-state index contributed by atoms with van der Waals surface area (Å²) in [5.74, 6) is 0.908. The maximum atomic E-state index is 4.48. The Balaban J connectivity index is 1.60. The van der Waals surface area contributed by atoms with Crippen LogP contribution in [0.15, 0.2) is 12.4 Å². The molecule has 1 aromatic heterocycles. The zero-order valence-electron chi connectivity index (χ0n) is 12.3. The number of aromatic nitrogens is 2. The fourth-order valence-electron chi connectivity index (χ4n) is 3.27. The summed E-state index contributed by atoms with van der Waals surface area (Å²) in [6.45, 7) is 11.5. The van der Waals surface area contributed by atoms with Gasteiger partial charge in [-0.2, -0.15) is 0 Å². The van der Waals surface area contributed by atoms with Crippen molar-refractivity contribution in [3.05, 3.63) is 18.0 Å². The average Bonchev–Trinajstić information content (AvgIpc) is 2.83. The second kappa shape index (κ2) is 4.75. The molecule has 0 aliphatic carbocycles. The summed E-state index contributed by atoms with van der Waals surface area (Å²) in [5.41, 5.74) is 1.72. The Labute approximate surface area is 115 Å². The van der Waals surface area contributed by atoms with E-state index in [-0.39, 0.29) is 0 Å². The highest BCUT2D eigenvalue weighted by atomic mass is 15.3. The highest BCUT2D eigenvalue weighted by molar-refractivity contribution is 5.37. The van der Waals surface area contributed by atoms with Crippen LogP contribution in [0, 0.1) is 5.41 Å². The van der Waals surface area contributed by atoms with E-state index in [4.69, 9.17) is 0 Å². The summed E-state index contributed by atoms with van der Waals surface area (Å²) >= 11 is 0. The third kappa shape index (κ3) is 2.34. The molecular weight excluding hydrogens is 236 g/mol. The van der Waals surface area contributed by atoms with Crippen molar-refractivity contribution in [1.29, 1.82) is 0 Å². The number of likely N-dealkylation sites (tertiary alicyclic amines) is 1. The van der Waals surface area contributed by atoms with Gasteiger partial charge in [0.05, 0.1) is 0 Å². The van der Waals surface area contributed by atoms with Gasteiger partial charge in [-0.25, -0.2) is 9.97 Å². The molecule has 104 valence electrons. The van der Waals surface area contributed by atoms with Crippen LogP contribution >= 0.6 is 0 Å². The van der Waals surface area contributed by atoms with Crippen molar-refractivity contribution in [2.24, 2.45) is 5.41 Å². The minimum atomic E-state index is 0.511. The van der Waals surface area contributed by atoms with Crippen LogP contribution in [0.2, 0.25) is 0 Å². The number of hydrogen-bond donors (Lipinski definition) is 0. The van der Waals surface area contributed by atoms with E-state index in [0.717, 1.165) is 25.5 Å². The normalized spacial score (nSPS) is 22.2. The third-order valence-corrected chi connectivity index (χ3v) is 4.63. The number of anilines is 1. The Morgan fingerprint density at radius 2 is 1.89 bits per heavy atom. The van der Waals surface area contributed by atoms with Gasteiger partial charge in [-0.05, 0) is 38.8 Å². The molecular formula is C15H24N4. The molecule has 1 spiro atoms. The van der Waals surface area contributed by atoms with Crippen molar-refractivity contribution in [2.75, 3.05) is 31.1 Å². The van der Waals surface area contributed by atoms with Gasteiger partial charge >= 0.3 is 0 Å². The lowest BCUT2D eigenvalue weighted by molar-refractivity contribution is 0.184. The second-order valence-electron chi connectivity index (χ2n) is 6.42. The van der Waals surface area contributed by atoms with Gasteiger partial charge in [-0.3, -0.25) is 0 Å². The fourth-order valence-corrected chi connectivity index (χ4v) is 3.27. The molecule has 0 atom stereocenters. The standard InChI is InChI=1S/C15H24N4/c1-4-13-7-16-14(17-8-13)19-10-15(11-19)5-6-18(9-15)12(2)3/h7-8,12H,4-6,9-11H2,1-3H3. The first-order chi connectivity index (χ1) is 9.12. The lowest BCUT2D eigenvalue weighted by Gasteiger charge is -2.48. The van der Waals surface area contributed by atoms with Crippen LogP contribution in [-0.4, -0.2) is 47.1 Å². The van der Waals surface area contributed by atoms with Crippen LogP contribution in [0.5, 0.6) is 0 Å². The van der Waals surface area contributed by atoms with Crippen molar-refractivity contribution < 1.29 is 0 Å². The Morgan fingerprint density at radius 3 is 2.42 bits per heavy atom. The van der Waals surface area contributed by atoms with E-state index in [2.05, 4.69) is 40.5 Å². The predicted octanol–water partition coefficient (Wildman–Crippen LogP) is 1.96. The summed E-state index contributed by atoms with van der Waals surface area (Å²) in [6, 6.07) is 0.675. The summed E-state index contributed by atoms with van der Waals surface area (Å²) in [7, 11) is 0. The van der Waals surface area contributed by atoms with Crippen LogP contribution in [0.4, 0.5) is 5.95 Å². The smallest absolute Gasteiger partial charge is 0.225 e. The topological polar surface area (TPSA) is 32.3 Å². The maximum Gasteiger partial charge on any atom is 0.225 e. The van der Waals surface area contributed by atoms with Gasteiger partial charge in [0.1, 0.15) is 0 Å². The van der Waals surface area contributed by atoms with Crippen LogP contribution in [-0.2, 0) is 6.42 Å². The largest absolute Gasteiger partial charge is 0.339 e. The zero-order chi connectivity index (χ0) is 13.5. The molecule has 0 bridgehead atoms. The van der Waals surface area contributed by atoms with E-state index >= 15 is 0 Å². The summed E-state index contributed by atoms with van der Waals surface area (Å²) in [5, 5.41) is 0. The molecule has 2 aliphatic heterocycles. The summed E-state index contributed by atoms with van der Waals surface area (Å²) in [6.07, 6.45) is 6.26. The van der Waals surface area contributed by atoms with E-state index in [9.17, 15) is 0 Å². The predicted molar refractivity (Wildman–Crippen MR) is 77.4 cm³/mol. The van der Waals surface area contributed by atoms with Crippen molar-refractivity contribution >= 4 is 5.95 Å². The molecule has 4 nitrogen and oxygen atoms in total. The van der Waals surface area contributed by atoms with E-state index in [1.54, 1.807) is 0 Å². The Bertz CT molecular complexity index is 434. The first-order valence-electron chi connectivity index (χ1n) is 7.42. The molecule has 2 fully saturated rings. The Morgan fingerprint density at radius 1 is 1.21 bits per heavy atom. The molecule has 0 amide bonds. The van der Waals surface area contributed by atoms with Gasteiger partial charge in [-0.1, -0.05) is 6.92 Å². The maximum absolute atomic E-state index is 4.48. The molecule has 0 unspecified atom stereocenters. The van der Waals surface area contributed by atoms with Gasteiger partial charge in [0.2, 0.25) is 5.95 Å². The average molecular weight is 260 g/mol. The molecule has 19 heavy (non-hydrogen) atoms. The molecule has 0 N–H and O–H groups in total. The monoisotopic (exact) mass is 260 g/mol. The zero-order valence-corrected chi connectivity index (χ0v) is 12.3. The van der Waals surface area contributed by atoms with Gasteiger partial charge in [0, 0.05) is 43.5 Å². The van der Waals surface area contributed by atoms with Gasteiger partial charge < -0.3 is 9.80 Å². The molecule has 3 heterocycles. The fraction of sp³-hybridized carbons (Fsp3) is 0.733. The van der Waals surface area contributed by atoms with E-state index < -0.39 is 0 Å². The van der Waals surface area contributed by atoms with Gasteiger partial charge in [0.25, 0.3) is 0 Å². The van der Waals surface area contributed by atoms with Gasteiger partial charge in [0.15, 0.2) is 0 Å². The summed E-state index contributed by atoms with van der Waals surface area (Å²) in [4.78, 5) is 13.9. The van der Waals surface area contributed by atoms with Crippen LogP contribution in [0.1, 0.15) is 32.8 Å². The molecule has 0 aromatic carbocycles. The van der Waals surface area contributed by atoms with E-state index in [1.807, 2.05) is 12.4 Å². The van der Waals surface area contributed by atoms with Crippen molar-refractivity contribution in [1.82, 2.24) is 14.9 Å². The first-order valence-corrected chi connectivity index (χ1v) is 7.42. The number of rotatable bonds is 3. The molecule has 4 heteroatoms. The minimum Gasteiger partial charge on any atom is -0.339 e. The van der Waals surface area contributed by atoms with E-state index in [0.29, 0.717) is 11.5 Å². The molecule has 3 rings (SSSR count). The van der Waals surface area contributed by atoms with Crippen molar-refractivity contribution in [3.63, 3.8) is 0 Å². The van der Waals surface area contributed by atoms with Crippen molar-refractivity contribution in [2.45, 2.75) is 39.7 Å². The number of nitrogens with zero attached hydrogens (tertiary/aromatic N) is 4. The molecule has 2 saturated heterocycles. The van der Waals surface area contributed by atoms with Crippen LogP contribution in [0.25, 0.3) is 0 Å². The highest BCUT2D eigenvalue weighted by Crippen LogP contribution is 2.41. The first kappa shape index (κ1) is 12.9. The van der Waals surface area contributed by atoms with Crippen LogP contribution < -0.4 is 4.90 Å². The minimum absolute atomic E-state index is 0.511. The lowest BCUT2D eigenvalue weighted by atomic mass is 9.79. The Kier molecular flexibility index (Phi) is 3.21. The molecule has 0 saturated carbocycles. The van der Waals surface area contributed by atoms with Crippen LogP contribution in [0.3, 0.4) is 0 Å².